The number of nitrogens with one attached hydrogen (secondary N) is 1. The van der Waals surface area contributed by atoms with Crippen molar-refractivity contribution in [3.63, 3.8) is 0 Å². The summed E-state index contributed by atoms with van der Waals surface area (Å²) in [4.78, 5) is 75.9. The quantitative estimate of drug-likeness (QED) is 0.0779. The molecular formula is C30H28N4Na2O11S. The summed E-state index contributed by atoms with van der Waals surface area (Å²) < 4.78 is 5.50. The second-order valence-corrected chi connectivity index (χ2v) is 12.6. The van der Waals surface area contributed by atoms with Gasteiger partial charge in [0.25, 0.3) is 5.69 Å². The number of carbonyl (C=O) groups is 5. The van der Waals surface area contributed by atoms with E-state index in [-0.39, 0.29) is 101 Å². The molecule has 5 rings (SSSR count). The topological polar surface area (TPSA) is 223 Å². The van der Waals surface area contributed by atoms with E-state index in [1.165, 1.54) is 60.4 Å². The first-order chi connectivity index (χ1) is 21.8. The number of hydrogen-bond acceptors (Lipinski definition) is 12. The maximum Gasteiger partial charge on any atom is 1.00 e. The fourth-order valence-electron chi connectivity index (χ4n) is 6.06. The predicted octanol–water partition coefficient (Wildman–Crippen LogP) is -5.76. The van der Waals surface area contributed by atoms with E-state index in [1.54, 1.807) is 6.92 Å². The molecule has 0 aromatic heterocycles. The molecule has 242 valence electrons. The van der Waals surface area contributed by atoms with Crippen LogP contribution >= 0.6 is 11.8 Å². The molecule has 0 radical (unpaired) electrons. The van der Waals surface area contributed by atoms with Crippen LogP contribution in [0, 0.1) is 22.0 Å². The van der Waals surface area contributed by atoms with E-state index in [0.717, 1.165) is 16.7 Å². The Labute approximate surface area is 322 Å². The Kier molecular flexibility index (Phi) is 13.3. The summed E-state index contributed by atoms with van der Waals surface area (Å²) in [5, 5.41) is 46.4. The van der Waals surface area contributed by atoms with Crippen molar-refractivity contribution in [3.8, 4) is 0 Å². The Hall–Kier alpha value is -2.96. The number of esters is 1. The van der Waals surface area contributed by atoms with Crippen molar-refractivity contribution in [1.82, 2.24) is 9.80 Å². The van der Waals surface area contributed by atoms with E-state index in [4.69, 9.17) is 4.74 Å². The van der Waals surface area contributed by atoms with Crippen molar-refractivity contribution in [3.05, 3.63) is 80.4 Å². The summed E-state index contributed by atoms with van der Waals surface area (Å²) in [6.07, 6.45) is -2.60. The van der Waals surface area contributed by atoms with Crippen LogP contribution < -0.4 is 74.6 Å². The molecule has 0 aliphatic carbocycles. The number of hydrogen-bond donors (Lipinski definition) is 2. The summed E-state index contributed by atoms with van der Waals surface area (Å²) in [5.74, 6) is -4.70. The van der Waals surface area contributed by atoms with Crippen LogP contribution in [-0.4, -0.2) is 79.7 Å². The fourth-order valence-corrected chi connectivity index (χ4v) is 7.58. The molecule has 3 aliphatic heterocycles. The number of non-ortho nitro benzene ring substituents is 1. The maximum atomic E-state index is 13.5. The van der Waals surface area contributed by atoms with Crippen molar-refractivity contribution < 1.29 is 108 Å². The molecule has 15 nitrogen and oxygen atoms in total. The van der Waals surface area contributed by atoms with Crippen LogP contribution in [0.15, 0.2) is 59.1 Å². The van der Waals surface area contributed by atoms with Crippen LogP contribution in [0.5, 0.6) is 0 Å². The smallest absolute Gasteiger partial charge is 0.545 e. The average molecular weight is 699 g/mol. The van der Waals surface area contributed by atoms with E-state index in [0.29, 0.717) is 10.5 Å². The van der Waals surface area contributed by atoms with Crippen molar-refractivity contribution in [2.75, 3.05) is 11.9 Å². The molecule has 2 fully saturated rings. The number of carboxylic acids is 1. The van der Waals surface area contributed by atoms with Crippen LogP contribution in [0.2, 0.25) is 0 Å². The minimum Gasteiger partial charge on any atom is -0.545 e. The molecule has 2 aromatic rings. The average Bonchev–Trinajstić information content (AvgIpc) is 3.54. The number of aromatic carboxylic acids is 1. The molecule has 2 saturated heterocycles. The van der Waals surface area contributed by atoms with E-state index >= 15 is 0 Å². The number of carbonyl (C=O) groups excluding carboxylic acids is 5. The van der Waals surface area contributed by atoms with Gasteiger partial charge in [0.2, 0.25) is 11.8 Å². The zero-order chi connectivity index (χ0) is 33.4. The molecule has 3 heterocycles. The molecule has 48 heavy (non-hydrogen) atoms. The third-order valence-corrected chi connectivity index (χ3v) is 9.77. The van der Waals surface area contributed by atoms with Crippen molar-refractivity contribution in [1.29, 1.82) is 0 Å². The van der Waals surface area contributed by atoms with Gasteiger partial charge in [-0.15, -0.1) is 11.8 Å². The Bertz CT molecular complexity index is 1660. The number of nitro groups is 1. The molecule has 0 bridgehead atoms. The first-order valence-corrected chi connectivity index (χ1v) is 15.1. The van der Waals surface area contributed by atoms with Gasteiger partial charge in [-0.2, -0.15) is 0 Å². The van der Waals surface area contributed by atoms with Gasteiger partial charge in [-0.25, -0.2) is 4.79 Å². The van der Waals surface area contributed by atoms with Gasteiger partial charge in [-0.05, 0) is 48.7 Å². The minimum absolute atomic E-state index is 0. The number of ether oxygens (including phenoxy) is 1. The second-order valence-electron chi connectivity index (χ2n) is 11.2. The Morgan fingerprint density at radius 1 is 1.12 bits per heavy atom. The normalized spacial score (nSPS) is 23.2. The Morgan fingerprint density at radius 3 is 2.38 bits per heavy atom. The van der Waals surface area contributed by atoms with Crippen molar-refractivity contribution in [2.24, 2.45) is 11.8 Å². The number of benzene rings is 2. The summed E-state index contributed by atoms with van der Waals surface area (Å²) in [6.45, 7) is 2.86. The largest absolute Gasteiger partial charge is 1.00 e. The molecule has 0 unspecified atom stereocenters. The minimum atomic E-state index is -1.60. The van der Waals surface area contributed by atoms with Crippen LogP contribution in [0.3, 0.4) is 0 Å². The van der Waals surface area contributed by atoms with Crippen molar-refractivity contribution in [2.45, 2.75) is 50.3 Å². The van der Waals surface area contributed by atoms with Gasteiger partial charge in [0.15, 0.2) is 0 Å². The zero-order valence-electron chi connectivity index (χ0n) is 26.5. The number of aliphatic hydroxyl groups excluding tert-OH is 1. The molecule has 3 aliphatic rings. The van der Waals surface area contributed by atoms with Crippen LogP contribution in [0.1, 0.15) is 36.2 Å². The second kappa shape index (κ2) is 16.2. The van der Waals surface area contributed by atoms with Gasteiger partial charge in [0.1, 0.15) is 24.4 Å². The summed E-state index contributed by atoms with van der Waals surface area (Å²) in [7, 11) is 0. The number of anilines is 1. The molecule has 2 N–H and O–H groups in total. The van der Waals surface area contributed by atoms with Gasteiger partial charge >= 0.3 is 65.1 Å². The number of nitrogens with zero attached hydrogens (tertiary/aromatic N) is 3. The van der Waals surface area contributed by atoms with Gasteiger partial charge in [-0.3, -0.25) is 19.7 Å². The molecule has 6 atom stereocenters. The first kappa shape index (κ1) is 39.5. The molecule has 2 aromatic carbocycles. The molecule has 3 amide bonds. The molecule has 0 spiro atoms. The van der Waals surface area contributed by atoms with Crippen LogP contribution in [0.4, 0.5) is 16.2 Å². The number of fused-ring (bicyclic) bond motifs is 1. The fraction of sp³-hybridized carbons (Fsp3) is 0.367. The third kappa shape index (κ3) is 7.91. The van der Waals surface area contributed by atoms with E-state index in [1.807, 2.05) is 0 Å². The van der Waals surface area contributed by atoms with Crippen LogP contribution in [0.25, 0.3) is 0 Å². The Balaban J connectivity index is 0.00000312. The number of nitro benzene ring substituents is 1. The number of carboxylic acid groups (broad SMARTS) is 2. The van der Waals surface area contributed by atoms with Gasteiger partial charge in [-0.1, -0.05) is 19.1 Å². The molecule has 18 heteroatoms. The maximum absolute atomic E-state index is 13.5. The number of β-lactam (4-membered cyclic amide) rings is 1. The van der Waals surface area contributed by atoms with Gasteiger partial charge in [0.05, 0.1) is 29.0 Å². The number of aliphatic hydroxyl groups is 1. The van der Waals surface area contributed by atoms with E-state index < -0.39 is 70.0 Å². The first-order valence-electron chi connectivity index (χ1n) is 14.2. The van der Waals surface area contributed by atoms with Gasteiger partial charge < -0.3 is 44.8 Å². The molecule has 0 saturated carbocycles. The van der Waals surface area contributed by atoms with Crippen molar-refractivity contribution >= 4 is 53.0 Å². The standard InChI is InChI=1S/C30H30N4O11S.2Na/c1-14-23-22(15(2)35)27(37)33(23)24(29(40)45-13-16-6-8-19(9-7-16)34(43)44)25(14)46-20-11-21(32(12-20)30(41)42)26(36)31-18-5-3-4-17(10-18)28(38)39;;/h3-10,14-15,20-23,35H,11-13H2,1-2H3,(H,31,36)(H,38,39)(H,41,42);;/q;2*+1/p-2/t14-,15-,20+,21+,22-,23-;;/m1../s1. The summed E-state index contributed by atoms with van der Waals surface area (Å²) in [5.41, 5.74) is 0.225. The monoisotopic (exact) mass is 698 g/mol. The summed E-state index contributed by atoms with van der Waals surface area (Å²) in [6, 6.07) is 8.93. The summed E-state index contributed by atoms with van der Waals surface area (Å²) >= 11 is 1.13. The predicted molar refractivity (Wildman–Crippen MR) is 156 cm³/mol. The Morgan fingerprint density at radius 2 is 1.79 bits per heavy atom. The SMILES string of the molecule is C[C@@H](O)[C@H]1C(=O)N2C(C(=O)OCc3ccc([N+](=O)[O-])cc3)=C(S[C@H]3C[C@@H](C(=O)Nc4cccc(C(=O)[O-])c4)N(C(=O)[O-])C3)[C@H](C)[C@H]12.[Na+].[Na+]. The van der Waals surface area contributed by atoms with Gasteiger partial charge in [0, 0.05) is 40.4 Å². The number of rotatable bonds is 10. The molecular weight excluding hydrogens is 670 g/mol. The number of thioether (sulfide) groups is 1. The number of likely N-dealkylation sites (tertiary alicyclic amines) is 1. The third-order valence-electron chi connectivity index (χ3n) is 8.28. The van der Waals surface area contributed by atoms with Crippen LogP contribution in [-0.2, 0) is 25.7 Å². The van der Waals surface area contributed by atoms with E-state index in [9.17, 15) is 49.4 Å². The zero-order valence-corrected chi connectivity index (χ0v) is 31.3. The van der Waals surface area contributed by atoms with E-state index in [2.05, 4.69) is 5.32 Å². The number of amides is 3.